The SMILES string of the molecule is Cc1ccc(OC(=O)C[C@@H]2C=CS(=O)(=O)C2)cc1C. The van der Waals surface area contributed by atoms with E-state index in [-0.39, 0.29) is 18.1 Å². The number of rotatable bonds is 3. The first-order valence-corrected chi connectivity index (χ1v) is 7.76. The van der Waals surface area contributed by atoms with Crippen molar-refractivity contribution in [2.45, 2.75) is 20.3 Å². The second-order valence-corrected chi connectivity index (χ2v) is 6.77. The molecular weight excluding hydrogens is 264 g/mol. The molecule has 1 atom stereocenters. The van der Waals surface area contributed by atoms with Crippen molar-refractivity contribution in [3.8, 4) is 5.75 Å². The Bertz CT molecular complexity index is 629. The Morgan fingerprint density at radius 3 is 2.63 bits per heavy atom. The van der Waals surface area contributed by atoms with E-state index in [1.165, 1.54) is 5.41 Å². The summed E-state index contributed by atoms with van der Waals surface area (Å²) >= 11 is 0. The van der Waals surface area contributed by atoms with Gasteiger partial charge in [-0.3, -0.25) is 4.79 Å². The van der Waals surface area contributed by atoms with Gasteiger partial charge in [0.25, 0.3) is 0 Å². The van der Waals surface area contributed by atoms with Crippen LogP contribution >= 0.6 is 0 Å². The molecule has 0 fully saturated rings. The van der Waals surface area contributed by atoms with Gasteiger partial charge in [-0.05, 0) is 37.1 Å². The lowest BCUT2D eigenvalue weighted by Gasteiger charge is -2.08. The lowest BCUT2D eigenvalue weighted by molar-refractivity contribution is -0.134. The second-order valence-electron chi connectivity index (χ2n) is 4.84. The molecule has 1 aliphatic heterocycles. The number of esters is 1. The minimum absolute atomic E-state index is 0.00493. The van der Waals surface area contributed by atoms with Gasteiger partial charge in [0.15, 0.2) is 9.84 Å². The fourth-order valence-electron chi connectivity index (χ4n) is 1.93. The summed E-state index contributed by atoms with van der Waals surface area (Å²) in [6.45, 7) is 3.92. The smallest absolute Gasteiger partial charge is 0.311 e. The molecule has 0 bridgehead atoms. The number of hydrogen-bond donors (Lipinski definition) is 0. The largest absolute Gasteiger partial charge is 0.427 e. The Morgan fingerprint density at radius 1 is 1.32 bits per heavy atom. The van der Waals surface area contributed by atoms with Crippen molar-refractivity contribution >= 4 is 15.8 Å². The van der Waals surface area contributed by atoms with Crippen molar-refractivity contribution in [3.05, 3.63) is 40.8 Å². The highest BCUT2D eigenvalue weighted by Crippen LogP contribution is 2.21. The van der Waals surface area contributed by atoms with Crippen molar-refractivity contribution in [1.82, 2.24) is 0 Å². The maximum Gasteiger partial charge on any atom is 0.311 e. The summed E-state index contributed by atoms with van der Waals surface area (Å²) in [7, 11) is -3.11. The molecule has 0 radical (unpaired) electrons. The van der Waals surface area contributed by atoms with E-state index in [4.69, 9.17) is 4.74 Å². The summed E-state index contributed by atoms with van der Waals surface area (Å²) in [6, 6.07) is 5.42. The predicted molar refractivity (Wildman–Crippen MR) is 72.6 cm³/mol. The summed E-state index contributed by atoms with van der Waals surface area (Å²) in [4.78, 5) is 11.7. The van der Waals surface area contributed by atoms with Crippen LogP contribution in [-0.4, -0.2) is 20.1 Å². The Labute approximate surface area is 113 Å². The molecule has 0 aliphatic carbocycles. The van der Waals surface area contributed by atoms with Crippen LogP contribution in [0.15, 0.2) is 29.7 Å². The van der Waals surface area contributed by atoms with Gasteiger partial charge >= 0.3 is 5.97 Å². The highest BCUT2D eigenvalue weighted by molar-refractivity contribution is 7.94. The van der Waals surface area contributed by atoms with E-state index in [1.54, 1.807) is 18.2 Å². The highest BCUT2D eigenvalue weighted by Gasteiger charge is 2.24. The zero-order chi connectivity index (χ0) is 14.0. The minimum Gasteiger partial charge on any atom is -0.427 e. The van der Waals surface area contributed by atoms with Crippen molar-refractivity contribution in [3.63, 3.8) is 0 Å². The molecule has 2 rings (SSSR count). The van der Waals surface area contributed by atoms with E-state index >= 15 is 0 Å². The third kappa shape index (κ3) is 3.67. The zero-order valence-corrected chi connectivity index (χ0v) is 11.7. The van der Waals surface area contributed by atoms with E-state index in [0.717, 1.165) is 11.1 Å². The lowest BCUT2D eigenvalue weighted by atomic mass is 10.1. The number of sulfone groups is 1. The van der Waals surface area contributed by atoms with E-state index in [1.807, 2.05) is 19.9 Å². The molecule has 1 aromatic carbocycles. The molecule has 1 aliphatic rings. The van der Waals surface area contributed by atoms with Crippen LogP contribution in [0.2, 0.25) is 0 Å². The van der Waals surface area contributed by atoms with Crippen LogP contribution in [0.4, 0.5) is 0 Å². The first kappa shape index (κ1) is 13.8. The van der Waals surface area contributed by atoms with Crippen molar-refractivity contribution < 1.29 is 17.9 Å². The molecule has 1 aromatic rings. The molecule has 102 valence electrons. The fourth-order valence-corrected chi connectivity index (χ4v) is 3.33. The standard InChI is InChI=1S/C14H16O4S/c1-10-3-4-13(7-11(10)2)18-14(15)8-12-5-6-19(16,17)9-12/h3-7,12H,8-9H2,1-2H3/t12-/m0/s1. The van der Waals surface area contributed by atoms with Gasteiger partial charge in [0.1, 0.15) is 5.75 Å². The molecular formula is C14H16O4S. The van der Waals surface area contributed by atoms with Gasteiger partial charge in [-0.15, -0.1) is 0 Å². The van der Waals surface area contributed by atoms with Gasteiger partial charge in [-0.25, -0.2) is 8.42 Å². The van der Waals surface area contributed by atoms with Crippen LogP contribution in [0, 0.1) is 19.8 Å². The van der Waals surface area contributed by atoms with Crippen LogP contribution in [0.5, 0.6) is 5.75 Å². The molecule has 0 saturated heterocycles. The number of benzene rings is 1. The Balaban J connectivity index is 1.95. The average molecular weight is 280 g/mol. The molecule has 0 amide bonds. The number of allylic oxidation sites excluding steroid dienone is 1. The van der Waals surface area contributed by atoms with Crippen molar-refractivity contribution in [1.29, 1.82) is 0 Å². The predicted octanol–water partition coefficient (Wildman–Crippen LogP) is 2.16. The number of carbonyl (C=O) groups is 1. The van der Waals surface area contributed by atoms with E-state index in [9.17, 15) is 13.2 Å². The molecule has 5 heteroatoms. The molecule has 0 saturated carbocycles. The van der Waals surface area contributed by atoms with Gasteiger partial charge in [-0.1, -0.05) is 12.1 Å². The van der Waals surface area contributed by atoms with Crippen LogP contribution in [0.25, 0.3) is 0 Å². The number of hydrogen-bond acceptors (Lipinski definition) is 4. The van der Waals surface area contributed by atoms with Crippen LogP contribution in [0.1, 0.15) is 17.5 Å². The second kappa shape index (κ2) is 5.17. The molecule has 0 unspecified atom stereocenters. The molecule has 19 heavy (non-hydrogen) atoms. The maximum atomic E-state index is 11.7. The maximum absolute atomic E-state index is 11.7. The normalized spacial score (nSPS) is 20.4. The Hall–Kier alpha value is -1.62. The number of carbonyl (C=O) groups excluding carboxylic acids is 1. The van der Waals surface area contributed by atoms with Gasteiger partial charge in [0, 0.05) is 11.3 Å². The quantitative estimate of drug-likeness (QED) is 0.629. The third-order valence-corrected chi connectivity index (χ3v) is 4.61. The summed E-state index contributed by atoms with van der Waals surface area (Å²) in [6.07, 6.45) is 1.64. The van der Waals surface area contributed by atoms with Crippen LogP contribution < -0.4 is 4.74 Å². The monoisotopic (exact) mass is 280 g/mol. The molecule has 0 aromatic heterocycles. The first-order chi connectivity index (χ1) is 8.85. The molecule has 1 heterocycles. The van der Waals surface area contributed by atoms with E-state index in [0.29, 0.717) is 5.75 Å². The Kier molecular flexibility index (Phi) is 3.75. The number of aryl methyl sites for hydroxylation is 2. The van der Waals surface area contributed by atoms with Gasteiger partial charge in [0.2, 0.25) is 0 Å². The topological polar surface area (TPSA) is 60.4 Å². The molecule has 0 spiro atoms. The van der Waals surface area contributed by atoms with Crippen molar-refractivity contribution in [2.75, 3.05) is 5.75 Å². The van der Waals surface area contributed by atoms with E-state index < -0.39 is 15.8 Å². The fraction of sp³-hybridized carbons (Fsp3) is 0.357. The minimum atomic E-state index is -3.11. The summed E-state index contributed by atoms with van der Waals surface area (Å²) in [5.74, 6) is -0.188. The van der Waals surface area contributed by atoms with Crippen LogP contribution in [-0.2, 0) is 14.6 Å². The third-order valence-electron chi connectivity index (χ3n) is 3.14. The average Bonchev–Trinajstić information content (AvgIpc) is 2.63. The lowest BCUT2D eigenvalue weighted by Crippen LogP contribution is -2.15. The Morgan fingerprint density at radius 2 is 2.05 bits per heavy atom. The number of ether oxygens (including phenoxy) is 1. The highest BCUT2D eigenvalue weighted by atomic mass is 32.2. The molecule has 4 nitrogen and oxygen atoms in total. The van der Waals surface area contributed by atoms with Crippen molar-refractivity contribution in [2.24, 2.45) is 5.92 Å². The van der Waals surface area contributed by atoms with E-state index in [2.05, 4.69) is 0 Å². The zero-order valence-electron chi connectivity index (χ0n) is 10.9. The first-order valence-electron chi connectivity index (χ1n) is 6.04. The summed E-state index contributed by atoms with van der Waals surface area (Å²) in [5.41, 5.74) is 2.18. The summed E-state index contributed by atoms with van der Waals surface area (Å²) in [5, 5.41) is 1.17. The summed E-state index contributed by atoms with van der Waals surface area (Å²) < 4.78 is 27.7. The van der Waals surface area contributed by atoms with Gasteiger partial charge in [-0.2, -0.15) is 0 Å². The van der Waals surface area contributed by atoms with Crippen LogP contribution in [0.3, 0.4) is 0 Å². The molecule has 0 N–H and O–H groups in total. The van der Waals surface area contributed by atoms with Gasteiger partial charge in [0.05, 0.1) is 12.2 Å². The van der Waals surface area contributed by atoms with Gasteiger partial charge < -0.3 is 4.74 Å².